The van der Waals surface area contributed by atoms with Crippen molar-refractivity contribution in [3.63, 3.8) is 0 Å². The van der Waals surface area contributed by atoms with E-state index in [0.717, 1.165) is 19.3 Å². The first-order chi connectivity index (χ1) is 10.0. The molecule has 124 valence electrons. The van der Waals surface area contributed by atoms with Gasteiger partial charge in [0.25, 0.3) is 0 Å². The van der Waals surface area contributed by atoms with Gasteiger partial charge in [-0.15, -0.1) is 12.4 Å². The van der Waals surface area contributed by atoms with E-state index in [0.29, 0.717) is 22.2 Å². The van der Waals surface area contributed by atoms with E-state index < -0.39 is 6.10 Å². The van der Waals surface area contributed by atoms with E-state index in [1.165, 1.54) is 0 Å². The maximum atomic E-state index is 12.2. The summed E-state index contributed by atoms with van der Waals surface area (Å²) in [5, 5.41) is 13.8. The van der Waals surface area contributed by atoms with Gasteiger partial charge in [0.15, 0.2) is 0 Å². The molecule has 1 aromatic rings. The quantitative estimate of drug-likeness (QED) is 0.749. The van der Waals surface area contributed by atoms with Gasteiger partial charge in [0.1, 0.15) is 0 Å². The molecule has 4 N–H and O–H groups in total. The maximum Gasteiger partial charge on any atom is 0.223 e. The predicted octanol–water partition coefficient (Wildman–Crippen LogP) is 2.94. The average Bonchev–Trinajstić information content (AvgIpc) is 2.91. The van der Waals surface area contributed by atoms with Crippen LogP contribution in [0, 0.1) is 11.8 Å². The highest BCUT2D eigenvalue weighted by Crippen LogP contribution is 2.31. The number of carbonyl (C=O) groups is 1. The van der Waals surface area contributed by atoms with E-state index >= 15 is 0 Å². The molecule has 7 heteroatoms. The van der Waals surface area contributed by atoms with Crippen LogP contribution in [0.5, 0.6) is 0 Å². The van der Waals surface area contributed by atoms with Crippen LogP contribution in [0.15, 0.2) is 18.2 Å². The number of aliphatic hydroxyl groups excluding tert-OH is 1. The summed E-state index contributed by atoms with van der Waals surface area (Å²) >= 11 is 11.8. The second kappa shape index (κ2) is 8.94. The summed E-state index contributed by atoms with van der Waals surface area (Å²) in [6.07, 6.45) is 2.07. The zero-order valence-corrected chi connectivity index (χ0v) is 14.4. The molecule has 0 spiro atoms. The summed E-state index contributed by atoms with van der Waals surface area (Å²) < 4.78 is 0. The van der Waals surface area contributed by atoms with E-state index in [9.17, 15) is 9.90 Å². The molecule has 1 aliphatic rings. The second-order valence-corrected chi connectivity index (χ2v) is 6.37. The van der Waals surface area contributed by atoms with Crippen LogP contribution in [0.4, 0.5) is 0 Å². The smallest absolute Gasteiger partial charge is 0.223 e. The lowest BCUT2D eigenvalue weighted by Crippen LogP contribution is -2.37. The summed E-state index contributed by atoms with van der Waals surface area (Å²) in [5.41, 5.74) is 6.28. The van der Waals surface area contributed by atoms with Gasteiger partial charge in [0.05, 0.1) is 6.10 Å². The van der Waals surface area contributed by atoms with E-state index in [-0.39, 0.29) is 36.7 Å². The summed E-state index contributed by atoms with van der Waals surface area (Å²) in [5.74, 6) is 0.183. The second-order valence-electron chi connectivity index (χ2n) is 5.50. The number of nitrogens with one attached hydrogen (secondary N) is 1. The number of benzene rings is 1. The fourth-order valence-electron chi connectivity index (χ4n) is 2.88. The molecule has 1 unspecified atom stereocenters. The van der Waals surface area contributed by atoms with Crippen molar-refractivity contribution < 1.29 is 9.90 Å². The molecule has 0 aliphatic heterocycles. The van der Waals surface area contributed by atoms with Crippen molar-refractivity contribution in [2.75, 3.05) is 13.1 Å². The third-order valence-electron chi connectivity index (χ3n) is 4.04. The van der Waals surface area contributed by atoms with Gasteiger partial charge in [0.2, 0.25) is 5.91 Å². The van der Waals surface area contributed by atoms with Crippen LogP contribution >= 0.6 is 35.6 Å². The van der Waals surface area contributed by atoms with Gasteiger partial charge in [-0.1, -0.05) is 29.6 Å². The zero-order chi connectivity index (χ0) is 15.4. The molecule has 1 saturated carbocycles. The van der Waals surface area contributed by atoms with Crippen molar-refractivity contribution >= 4 is 41.5 Å². The highest BCUT2D eigenvalue weighted by Gasteiger charge is 2.31. The minimum Gasteiger partial charge on any atom is -0.387 e. The molecule has 0 saturated heterocycles. The van der Waals surface area contributed by atoms with Crippen LogP contribution in [-0.2, 0) is 4.79 Å². The molecule has 2 rings (SSSR count). The van der Waals surface area contributed by atoms with Crippen LogP contribution in [-0.4, -0.2) is 24.1 Å². The van der Waals surface area contributed by atoms with E-state index in [1.54, 1.807) is 18.2 Å². The van der Waals surface area contributed by atoms with Gasteiger partial charge in [-0.2, -0.15) is 0 Å². The summed E-state index contributed by atoms with van der Waals surface area (Å²) in [7, 11) is 0. The van der Waals surface area contributed by atoms with Crippen LogP contribution < -0.4 is 11.1 Å². The highest BCUT2D eigenvalue weighted by molar-refractivity contribution is 6.34. The van der Waals surface area contributed by atoms with Crippen LogP contribution in [0.1, 0.15) is 30.9 Å². The van der Waals surface area contributed by atoms with Crippen LogP contribution in [0.2, 0.25) is 10.0 Å². The van der Waals surface area contributed by atoms with Crippen LogP contribution in [0.25, 0.3) is 0 Å². The summed E-state index contributed by atoms with van der Waals surface area (Å²) in [4.78, 5) is 12.2. The summed E-state index contributed by atoms with van der Waals surface area (Å²) in [6.45, 7) is 0.674. The van der Waals surface area contributed by atoms with Crippen molar-refractivity contribution in [3.05, 3.63) is 33.8 Å². The largest absolute Gasteiger partial charge is 0.387 e. The molecule has 0 heterocycles. The molecule has 3 atom stereocenters. The van der Waals surface area contributed by atoms with E-state index in [2.05, 4.69) is 5.32 Å². The van der Waals surface area contributed by atoms with E-state index in [4.69, 9.17) is 28.9 Å². The third-order valence-corrected chi connectivity index (χ3v) is 4.47. The first-order valence-electron chi connectivity index (χ1n) is 7.13. The Balaban J connectivity index is 0.00000242. The number of hydrogen-bond acceptors (Lipinski definition) is 3. The normalized spacial score (nSPS) is 22.0. The van der Waals surface area contributed by atoms with Crippen molar-refractivity contribution in [2.45, 2.75) is 25.4 Å². The Morgan fingerprint density at radius 1 is 1.32 bits per heavy atom. The SMILES string of the molecule is Cl.NC[C@H]1CCC[C@H]1C(=O)NCC(O)c1cc(Cl)cc(Cl)c1. The fraction of sp³-hybridized carbons (Fsp3) is 0.533. The van der Waals surface area contributed by atoms with Gasteiger partial charge in [0, 0.05) is 22.5 Å². The standard InChI is InChI=1S/C15H20Cl2N2O2.ClH/c16-11-4-10(5-12(17)6-11)14(20)8-19-15(21)13-3-1-2-9(13)7-18;/h4-6,9,13-14,20H,1-3,7-8,18H2,(H,19,21);1H/t9-,13-,14?;/m1./s1. The topological polar surface area (TPSA) is 75.4 Å². The Hall–Kier alpha value is -0.520. The lowest BCUT2D eigenvalue weighted by molar-refractivity contribution is -0.126. The van der Waals surface area contributed by atoms with Gasteiger partial charge >= 0.3 is 0 Å². The molecule has 1 amide bonds. The molecular formula is C15H21Cl3N2O2. The van der Waals surface area contributed by atoms with Crippen LogP contribution in [0.3, 0.4) is 0 Å². The predicted molar refractivity (Wildman–Crippen MR) is 91.6 cm³/mol. The number of aliphatic hydroxyl groups is 1. The molecule has 1 aromatic carbocycles. The Labute approximate surface area is 146 Å². The molecule has 4 nitrogen and oxygen atoms in total. The van der Waals surface area contributed by atoms with E-state index in [1.807, 2.05) is 0 Å². The van der Waals surface area contributed by atoms with Gasteiger partial charge in [-0.3, -0.25) is 4.79 Å². The Morgan fingerprint density at radius 3 is 2.55 bits per heavy atom. The van der Waals surface area contributed by atoms with Crippen molar-refractivity contribution in [1.82, 2.24) is 5.32 Å². The number of nitrogens with two attached hydrogens (primary N) is 1. The van der Waals surface area contributed by atoms with Crippen molar-refractivity contribution in [2.24, 2.45) is 17.6 Å². The third kappa shape index (κ3) is 5.00. The lowest BCUT2D eigenvalue weighted by atomic mass is 9.95. The fourth-order valence-corrected chi connectivity index (χ4v) is 3.42. The molecule has 0 bridgehead atoms. The molecule has 1 fully saturated rings. The van der Waals surface area contributed by atoms with Crippen molar-refractivity contribution in [1.29, 1.82) is 0 Å². The number of carbonyl (C=O) groups excluding carboxylic acids is 1. The minimum absolute atomic E-state index is 0. The summed E-state index contributed by atoms with van der Waals surface area (Å²) in [6, 6.07) is 4.88. The maximum absolute atomic E-state index is 12.2. The first kappa shape index (κ1) is 19.5. The highest BCUT2D eigenvalue weighted by atomic mass is 35.5. The Morgan fingerprint density at radius 2 is 1.95 bits per heavy atom. The van der Waals surface area contributed by atoms with Gasteiger partial charge in [-0.25, -0.2) is 0 Å². The van der Waals surface area contributed by atoms with Gasteiger partial charge < -0.3 is 16.2 Å². The molecule has 0 radical (unpaired) electrons. The molecule has 0 aromatic heterocycles. The number of halogens is 3. The minimum atomic E-state index is -0.831. The Bertz CT molecular complexity index is 493. The number of rotatable bonds is 5. The molecule has 22 heavy (non-hydrogen) atoms. The Kier molecular flexibility index (Phi) is 7.94. The first-order valence-corrected chi connectivity index (χ1v) is 7.88. The number of hydrogen-bond donors (Lipinski definition) is 3. The molecular weight excluding hydrogens is 347 g/mol. The zero-order valence-electron chi connectivity index (χ0n) is 12.1. The van der Waals surface area contributed by atoms with Gasteiger partial charge in [-0.05, 0) is 49.1 Å². The average molecular weight is 368 g/mol. The monoisotopic (exact) mass is 366 g/mol. The number of amides is 1. The molecule has 1 aliphatic carbocycles. The lowest BCUT2D eigenvalue weighted by Gasteiger charge is -2.19. The van der Waals surface area contributed by atoms with Crippen molar-refractivity contribution in [3.8, 4) is 0 Å².